The molecule has 0 aliphatic rings. The number of benzene rings is 1. The summed E-state index contributed by atoms with van der Waals surface area (Å²) in [6.07, 6.45) is 2.15. The fraction of sp³-hybridized carbons (Fsp3) is 0. The third-order valence-electron chi connectivity index (χ3n) is 1.37. The van der Waals surface area contributed by atoms with Gasteiger partial charge in [0.05, 0.1) is 0 Å². The molecule has 2 nitrogen and oxygen atoms in total. The van der Waals surface area contributed by atoms with E-state index >= 15 is 0 Å². The number of rotatable bonds is 2. The van der Waals surface area contributed by atoms with Crippen LogP contribution in [0.15, 0.2) is 24.3 Å². The molecular formula is C9H5ClF2O2. The second-order valence-corrected chi connectivity index (χ2v) is 2.59. The average Bonchev–Trinajstić information content (AvgIpc) is 2.12. The molecule has 5 heteroatoms. The predicted molar refractivity (Wildman–Crippen MR) is 47.3 cm³/mol. The Bertz CT molecular complexity index is 357. The fourth-order valence-electron chi connectivity index (χ4n) is 0.861. The predicted octanol–water partition coefficient (Wildman–Crippen LogP) is 2.68. The van der Waals surface area contributed by atoms with Gasteiger partial charge < -0.3 is 4.29 Å². The molecule has 14 heavy (non-hydrogen) atoms. The minimum absolute atomic E-state index is 0.213. The Balaban J connectivity index is 2.86. The van der Waals surface area contributed by atoms with Gasteiger partial charge in [0.1, 0.15) is 23.5 Å². The molecule has 0 aliphatic heterocycles. The second-order valence-electron chi connectivity index (χ2n) is 2.43. The lowest BCUT2D eigenvalue weighted by Gasteiger charge is -1.94. The molecule has 0 saturated heterocycles. The van der Waals surface area contributed by atoms with E-state index < -0.39 is 17.6 Å². The largest absolute Gasteiger partial charge is 0.349 e. The summed E-state index contributed by atoms with van der Waals surface area (Å²) >= 11 is 4.73. The molecule has 74 valence electrons. The van der Waals surface area contributed by atoms with Crippen LogP contribution < -0.4 is 0 Å². The molecule has 0 aliphatic carbocycles. The van der Waals surface area contributed by atoms with E-state index in [4.69, 9.17) is 11.9 Å². The van der Waals surface area contributed by atoms with Gasteiger partial charge >= 0.3 is 5.97 Å². The lowest BCUT2D eigenvalue weighted by Crippen LogP contribution is -1.89. The van der Waals surface area contributed by atoms with Gasteiger partial charge in [-0.15, -0.1) is 0 Å². The molecule has 1 rings (SSSR count). The van der Waals surface area contributed by atoms with Crippen molar-refractivity contribution in [1.29, 1.82) is 0 Å². The molecular weight excluding hydrogens is 214 g/mol. The highest BCUT2D eigenvalue weighted by Crippen LogP contribution is 2.09. The zero-order valence-corrected chi connectivity index (χ0v) is 7.59. The van der Waals surface area contributed by atoms with Gasteiger partial charge in [-0.2, -0.15) is 0 Å². The highest BCUT2D eigenvalue weighted by Gasteiger charge is 1.98. The van der Waals surface area contributed by atoms with Crippen molar-refractivity contribution in [2.45, 2.75) is 0 Å². The number of hydrogen-bond acceptors (Lipinski definition) is 2. The Kier molecular flexibility index (Phi) is 3.59. The van der Waals surface area contributed by atoms with E-state index in [0.29, 0.717) is 0 Å². The van der Waals surface area contributed by atoms with Crippen LogP contribution in [0.3, 0.4) is 0 Å². The number of carbonyl (C=O) groups excluding carboxylic acids is 1. The summed E-state index contributed by atoms with van der Waals surface area (Å²) < 4.78 is 29.0. The van der Waals surface area contributed by atoms with Crippen LogP contribution in [0.1, 0.15) is 5.56 Å². The Morgan fingerprint density at radius 3 is 2.36 bits per heavy atom. The third-order valence-corrected chi connectivity index (χ3v) is 1.52. The van der Waals surface area contributed by atoms with Gasteiger partial charge in [0.25, 0.3) is 0 Å². The normalized spacial score (nSPS) is 10.5. The molecule has 0 fully saturated rings. The fourth-order valence-corrected chi connectivity index (χ4v) is 0.913. The summed E-state index contributed by atoms with van der Waals surface area (Å²) in [5.41, 5.74) is 0.213. The highest BCUT2D eigenvalue weighted by molar-refractivity contribution is 6.15. The molecule has 0 heterocycles. The molecule has 0 spiro atoms. The average molecular weight is 219 g/mol. The summed E-state index contributed by atoms with van der Waals surface area (Å²) in [7, 11) is 0. The lowest BCUT2D eigenvalue weighted by atomic mass is 10.2. The standard InChI is InChI=1S/C9H5ClF2O2/c10-14-9(13)2-1-6-3-7(11)5-8(12)4-6/h1-5H/b2-1+. The summed E-state index contributed by atoms with van der Waals surface area (Å²) in [6.45, 7) is 0. The molecule has 0 N–H and O–H groups in total. The zero-order chi connectivity index (χ0) is 10.6. The van der Waals surface area contributed by atoms with Crippen molar-refractivity contribution in [3.05, 3.63) is 41.5 Å². The molecule has 0 unspecified atom stereocenters. The molecule has 0 bridgehead atoms. The van der Waals surface area contributed by atoms with Crippen LogP contribution in [0.25, 0.3) is 6.08 Å². The minimum Gasteiger partial charge on any atom is -0.344 e. The lowest BCUT2D eigenvalue weighted by molar-refractivity contribution is -0.128. The Labute approximate surface area is 83.9 Å². The maximum atomic E-state index is 12.6. The first-order valence-corrected chi connectivity index (χ1v) is 3.89. The first kappa shape index (κ1) is 10.7. The van der Waals surface area contributed by atoms with E-state index in [1.165, 1.54) is 6.08 Å². The number of carbonyl (C=O) groups is 1. The number of halogens is 3. The van der Waals surface area contributed by atoms with E-state index in [-0.39, 0.29) is 5.56 Å². The van der Waals surface area contributed by atoms with Crippen molar-refractivity contribution in [2.24, 2.45) is 0 Å². The summed E-state index contributed by atoms with van der Waals surface area (Å²) in [6, 6.07) is 2.87. The quantitative estimate of drug-likeness (QED) is 0.714. The van der Waals surface area contributed by atoms with Gasteiger partial charge in [-0.05, 0) is 23.8 Å². The summed E-state index contributed by atoms with van der Waals surface area (Å²) in [4.78, 5) is 10.5. The maximum absolute atomic E-state index is 12.6. The minimum atomic E-state index is -0.809. The molecule has 0 amide bonds. The summed E-state index contributed by atoms with van der Waals surface area (Å²) in [5, 5.41) is 0. The molecule has 0 aromatic heterocycles. The Morgan fingerprint density at radius 2 is 1.86 bits per heavy atom. The van der Waals surface area contributed by atoms with Crippen molar-refractivity contribution < 1.29 is 17.9 Å². The van der Waals surface area contributed by atoms with Gasteiger partial charge in [0.15, 0.2) is 0 Å². The van der Waals surface area contributed by atoms with Crippen molar-refractivity contribution in [3.8, 4) is 0 Å². The van der Waals surface area contributed by atoms with E-state index in [1.54, 1.807) is 0 Å². The van der Waals surface area contributed by atoms with E-state index in [0.717, 1.165) is 24.3 Å². The van der Waals surface area contributed by atoms with Gasteiger partial charge in [-0.25, -0.2) is 13.6 Å². The van der Waals surface area contributed by atoms with Crippen molar-refractivity contribution >= 4 is 23.9 Å². The van der Waals surface area contributed by atoms with Gasteiger partial charge in [0, 0.05) is 12.1 Å². The van der Waals surface area contributed by atoms with Gasteiger partial charge in [-0.1, -0.05) is 0 Å². The first-order chi connectivity index (χ1) is 6.61. The van der Waals surface area contributed by atoms with Crippen LogP contribution in [0.5, 0.6) is 0 Å². The Morgan fingerprint density at radius 1 is 1.29 bits per heavy atom. The SMILES string of the molecule is O=C(/C=C/c1cc(F)cc(F)c1)OCl. The molecule has 1 aromatic carbocycles. The van der Waals surface area contributed by atoms with E-state index in [9.17, 15) is 13.6 Å². The summed E-state index contributed by atoms with van der Waals surface area (Å²) in [5.74, 6) is -2.25. The smallest absolute Gasteiger partial charge is 0.344 e. The van der Waals surface area contributed by atoms with Crippen molar-refractivity contribution in [3.63, 3.8) is 0 Å². The van der Waals surface area contributed by atoms with Gasteiger partial charge in [-0.3, -0.25) is 0 Å². The van der Waals surface area contributed by atoms with Crippen LogP contribution in [0.4, 0.5) is 8.78 Å². The molecule has 0 saturated carbocycles. The van der Waals surface area contributed by atoms with Crippen LogP contribution in [0.2, 0.25) is 0 Å². The van der Waals surface area contributed by atoms with E-state index in [2.05, 4.69) is 4.29 Å². The molecule has 0 atom stereocenters. The Hall–Kier alpha value is -1.42. The van der Waals surface area contributed by atoms with Crippen LogP contribution in [0, 0.1) is 11.6 Å². The van der Waals surface area contributed by atoms with Crippen molar-refractivity contribution in [1.82, 2.24) is 0 Å². The topological polar surface area (TPSA) is 26.3 Å². The molecule has 0 radical (unpaired) electrons. The first-order valence-electron chi connectivity index (χ1n) is 3.58. The van der Waals surface area contributed by atoms with Crippen LogP contribution in [-0.2, 0) is 9.08 Å². The number of hydrogen-bond donors (Lipinski definition) is 0. The van der Waals surface area contributed by atoms with Crippen molar-refractivity contribution in [2.75, 3.05) is 0 Å². The van der Waals surface area contributed by atoms with Crippen LogP contribution >= 0.6 is 11.9 Å². The van der Waals surface area contributed by atoms with Gasteiger partial charge in [0.2, 0.25) is 0 Å². The van der Waals surface area contributed by atoms with E-state index in [1.807, 2.05) is 0 Å². The maximum Gasteiger partial charge on any atom is 0.349 e. The second kappa shape index (κ2) is 4.72. The monoisotopic (exact) mass is 218 g/mol. The zero-order valence-electron chi connectivity index (χ0n) is 6.84. The highest BCUT2D eigenvalue weighted by atomic mass is 35.5. The molecule has 1 aromatic rings. The third kappa shape index (κ3) is 3.14. The van der Waals surface area contributed by atoms with Crippen LogP contribution in [-0.4, -0.2) is 5.97 Å².